The number of nitrogens with one attached hydrogen (secondary N) is 1. The Bertz CT molecular complexity index is 508. The Kier molecular flexibility index (Phi) is 3.89. The molecule has 0 saturated carbocycles. The minimum Gasteiger partial charge on any atom is -0.399 e. The summed E-state index contributed by atoms with van der Waals surface area (Å²) >= 11 is 0. The van der Waals surface area contributed by atoms with E-state index in [9.17, 15) is 18.0 Å². The molecule has 1 amide bonds. The lowest BCUT2D eigenvalue weighted by atomic mass is 10.0. The molecule has 110 valence electrons. The van der Waals surface area contributed by atoms with Crippen LogP contribution in [0.3, 0.4) is 0 Å². The van der Waals surface area contributed by atoms with Crippen LogP contribution in [-0.4, -0.2) is 44.0 Å². The first-order valence-corrected chi connectivity index (χ1v) is 6.36. The van der Waals surface area contributed by atoms with Gasteiger partial charge in [0.25, 0.3) is 5.91 Å². The molecule has 0 bridgehead atoms. The Morgan fingerprint density at radius 1 is 1.30 bits per heavy atom. The average Bonchev–Trinajstić information content (AvgIpc) is 2.38. The fourth-order valence-electron chi connectivity index (χ4n) is 2.24. The van der Waals surface area contributed by atoms with Crippen molar-refractivity contribution in [3.63, 3.8) is 0 Å². The molecular weight excluding hydrogens is 271 g/mol. The summed E-state index contributed by atoms with van der Waals surface area (Å²) in [4.78, 5) is 15.0. The minimum atomic E-state index is -4.59. The lowest BCUT2D eigenvalue weighted by molar-refractivity contribution is -0.883. The number of amides is 1. The van der Waals surface area contributed by atoms with E-state index in [1.165, 1.54) is 15.9 Å². The fourth-order valence-corrected chi connectivity index (χ4v) is 2.24. The van der Waals surface area contributed by atoms with Gasteiger partial charge in [-0.05, 0) is 18.2 Å². The highest BCUT2D eigenvalue weighted by molar-refractivity contribution is 5.96. The zero-order valence-corrected chi connectivity index (χ0v) is 11.1. The topological polar surface area (TPSA) is 50.8 Å². The van der Waals surface area contributed by atoms with Crippen LogP contribution in [0.5, 0.6) is 0 Å². The highest BCUT2D eigenvalue weighted by Gasteiger charge is 2.37. The molecule has 2 rings (SSSR count). The summed E-state index contributed by atoms with van der Waals surface area (Å²) in [5.41, 5.74) is 4.10. The zero-order chi connectivity index (χ0) is 14.9. The molecule has 1 heterocycles. The van der Waals surface area contributed by atoms with Crippen LogP contribution in [0.1, 0.15) is 15.9 Å². The molecule has 0 unspecified atom stereocenters. The normalized spacial score (nSPS) is 17.3. The van der Waals surface area contributed by atoms with E-state index >= 15 is 0 Å². The van der Waals surface area contributed by atoms with Gasteiger partial charge in [-0.2, -0.15) is 13.2 Å². The van der Waals surface area contributed by atoms with Crippen LogP contribution in [0.15, 0.2) is 18.2 Å². The number of benzene rings is 1. The maximum Gasteiger partial charge on any atom is 0.417 e. The van der Waals surface area contributed by atoms with Crippen LogP contribution in [0, 0.1) is 0 Å². The molecule has 1 aromatic carbocycles. The third kappa shape index (κ3) is 3.04. The van der Waals surface area contributed by atoms with Crippen LogP contribution >= 0.6 is 0 Å². The van der Waals surface area contributed by atoms with Gasteiger partial charge in [-0.15, -0.1) is 0 Å². The van der Waals surface area contributed by atoms with Crippen molar-refractivity contribution in [1.29, 1.82) is 0 Å². The predicted octanol–water partition coefficient (Wildman–Crippen LogP) is 0.258. The highest BCUT2D eigenvalue weighted by atomic mass is 19.4. The summed E-state index contributed by atoms with van der Waals surface area (Å²) in [5, 5.41) is 0. The minimum absolute atomic E-state index is 0.00306. The summed E-state index contributed by atoms with van der Waals surface area (Å²) in [6, 6.07) is 3.30. The van der Waals surface area contributed by atoms with E-state index in [4.69, 9.17) is 5.73 Å². The van der Waals surface area contributed by atoms with E-state index in [0.29, 0.717) is 13.1 Å². The summed E-state index contributed by atoms with van der Waals surface area (Å²) in [6.07, 6.45) is -4.59. The van der Waals surface area contributed by atoms with Gasteiger partial charge in [-0.1, -0.05) is 0 Å². The van der Waals surface area contributed by atoms with Crippen molar-refractivity contribution >= 4 is 11.6 Å². The number of anilines is 1. The number of alkyl halides is 3. The number of hydrogen-bond donors (Lipinski definition) is 2. The number of rotatable bonds is 1. The largest absolute Gasteiger partial charge is 0.417 e. The second-order valence-corrected chi connectivity index (χ2v) is 5.05. The summed E-state index contributed by atoms with van der Waals surface area (Å²) in [7, 11) is 1.99. The first-order chi connectivity index (χ1) is 9.29. The van der Waals surface area contributed by atoms with Crippen molar-refractivity contribution in [3.05, 3.63) is 29.3 Å². The van der Waals surface area contributed by atoms with Gasteiger partial charge in [0.15, 0.2) is 0 Å². The molecule has 1 aliphatic heterocycles. The Labute approximate surface area is 114 Å². The van der Waals surface area contributed by atoms with Gasteiger partial charge in [0, 0.05) is 5.69 Å². The van der Waals surface area contributed by atoms with Crippen LogP contribution in [-0.2, 0) is 6.18 Å². The maximum absolute atomic E-state index is 13.0. The predicted molar refractivity (Wildman–Crippen MR) is 68.4 cm³/mol. The van der Waals surface area contributed by atoms with Crippen molar-refractivity contribution in [3.8, 4) is 0 Å². The number of nitrogens with zero attached hydrogens (tertiary/aromatic N) is 1. The van der Waals surface area contributed by atoms with E-state index in [1.807, 2.05) is 7.05 Å². The first-order valence-electron chi connectivity index (χ1n) is 6.36. The van der Waals surface area contributed by atoms with Gasteiger partial charge in [-0.25, -0.2) is 0 Å². The summed E-state index contributed by atoms with van der Waals surface area (Å²) in [5.74, 6) is -0.579. The monoisotopic (exact) mass is 288 g/mol. The van der Waals surface area contributed by atoms with E-state index < -0.39 is 17.6 Å². The van der Waals surface area contributed by atoms with Gasteiger partial charge >= 0.3 is 6.18 Å². The number of carbonyl (C=O) groups is 1. The van der Waals surface area contributed by atoms with Gasteiger partial charge in [0.2, 0.25) is 0 Å². The zero-order valence-electron chi connectivity index (χ0n) is 11.1. The number of carbonyl (C=O) groups excluding carboxylic acids is 1. The lowest BCUT2D eigenvalue weighted by Gasteiger charge is -2.30. The quantitative estimate of drug-likeness (QED) is 0.728. The van der Waals surface area contributed by atoms with Crippen LogP contribution in [0.2, 0.25) is 0 Å². The number of hydrogen-bond acceptors (Lipinski definition) is 2. The number of likely N-dealkylation sites (N-methyl/N-ethyl adjacent to an activating group) is 1. The molecule has 1 aromatic rings. The molecule has 0 aliphatic carbocycles. The number of nitrogens with two attached hydrogens (primary N) is 1. The van der Waals surface area contributed by atoms with Crippen molar-refractivity contribution in [2.45, 2.75) is 6.18 Å². The Morgan fingerprint density at radius 2 is 1.90 bits per heavy atom. The summed E-state index contributed by atoms with van der Waals surface area (Å²) < 4.78 is 39.0. The molecule has 4 nitrogen and oxygen atoms in total. The fraction of sp³-hybridized carbons (Fsp3) is 0.462. The number of nitrogen functional groups attached to an aromatic ring is 1. The van der Waals surface area contributed by atoms with Crippen LogP contribution < -0.4 is 10.6 Å². The lowest BCUT2D eigenvalue weighted by Crippen LogP contribution is -3.12. The molecule has 0 spiro atoms. The maximum atomic E-state index is 13.0. The average molecular weight is 288 g/mol. The van der Waals surface area contributed by atoms with Gasteiger partial charge < -0.3 is 15.5 Å². The van der Waals surface area contributed by atoms with E-state index in [0.717, 1.165) is 25.2 Å². The number of quaternary nitrogens is 1. The molecule has 1 aliphatic rings. The third-order valence-corrected chi connectivity index (χ3v) is 3.48. The van der Waals surface area contributed by atoms with E-state index in [-0.39, 0.29) is 11.3 Å². The standard InChI is InChI=1S/C13H16F3N3O/c1-18-4-6-19(7-5-18)12(20)10-3-2-9(17)8-11(10)13(14,15)16/h2-3,8H,4-7,17H2,1H3/p+1. The van der Waals surface area contributed by atoms with Crippen LogP contribution in [0.25, 0.3) is 0 Å². The Balaban J connectivity index is 2.30. The van der Waals surface area contributed by atoms with Gasteiger partial charge in [0.1, 0.15) is 0 Å². The molecule has 1 fully saturated rings. The van der Waals surface area contributed by atoms with Crippen molar-refractivity contribution in [1.82, 2.24) is 4.90 Å². The highest BCUT2D eigenvalue weighted by Crippen LogP contribution is 2.33. The molecular formula is C13H17F3N3O+. The molecule has 7 heteroatoms. The third-order valence-electron chi connectivity index (χ3n) is 3.48. The van der Waals surface area contributed by atoms with E-state index in [1.54, 1.807) is 0 Å². The smallest absolute Gasteiger partial charge is 0.399 e. The van der Waals surface area contributed by atoms with Crippen molar-refractivity contribution in [2.24, 2.45) is 0 Å². The number of piperazine rings is 1. The second-order valence-electron chi connectivity index (χ2n) is 5.05. The number of halogens is 3. The second kappa shape index (κ2) is 5.32. The molecule has 1 saturated heterocycles. The van der Waals surface area contributed by atoms with Gasteiger partial charge in [-0.3, -0.25) is 4.79 Å². The van der Waals surface area contributed by atoms with Crippen molar-refractivity contribution in [2.75, 3.05) is 39.0 Å². The van der Waals surface area contributed by atoms with Crippen LogP contribution in [0.4, 0.5) is 18.9 Å². The molecule has 0 atom stereocenters. The molecule has 0 aromatic heterocycles. The summed E-state index contributed by atoms with van der Waals surface area (Å²) in [6.45, 7) is 2.41. The first kappa shape index (κ1) is 14.6. The van der Waals surface area contributed by atoms with Crippen molar-refractivity contribution < 1.29 is 22.9 Å². The Morgan fingerprint density at radius 3 is 2.45 bits per heavy atom. The molecule has 3 N–H and O–H groups in total. The SMILES string of the molecule is C[NH+]1CCN(C(=O)c2ccc(N)cc2C(F)(F)F)CC1. The van der Waals surface area contributed by atoms with E-state index in [2.05, 4.69) is 0 Å². The van der Waals surface area contributed by atoms with Gasteiger partial charge in [0.05, 0.1) is 44.4 Å². The Hall–Kier alpha value is -1.76. The molecule has 0 radical (unpaired) electrons. The molecule has 20 heavy (non-hydrogen) atoms.